The smallest absolute Gasteiger partial charge is 0.423 e. The van der Waals surface area contributed by atoms with Gasteiger partial charge in [0.25, 0.3) is 0 Å². The minimum atomic E-state index is -1.64. The van der Waals surface area contributed by atoms with Crippen molar-refractivity contribution in [3.8, 4) is 0 Å². The van der Waals surface area contributed by atoms with E-state index in [0.717, 1.165) is 24.8 Å². The lowest BCUT2D eigenvalue weighted by Gasteiger charge is -2.28. The van der Waals surface area contributed by atoms with Gasteiger partial charge in [0, 0.05) is 5.56 Å². The zero-order chi connectivity index (χ0) is 14.5. The summed E-state index contributed by atoms with van der Waals surface area (Å²) in [6.07, 6.45) is 5.96. The molecule has 0 amide bonds. The molecule has 0 spiro atoms. The summed E-state index contributed by atoms with van der Waals surface area (Å²) in [6.45, 7) is 2.44. The third kappa shape index (κ3) is 4.04. The van der Waals surface area contributed by atoms with Crippen LogP contribution in [0, 0.1) is 11.7 Å². The fourth-order valence-electron chi connectivity index (χ4n) is 2.81. The monoisotopic (exact) mass is 280 g/mol. The van der Waals surface area contributed by atoms with Gasteiger partial charge < -0.3 is 14.8 Å². The van der Waals surface area contributed by atoms with Crippen LogP contribution in [-0.4, -0.2) is 23.3 Å². The summed E-state index contributed by atoms with van der Waals surface area (Å²) in [5.41, 5.74) is 0.628. The highest BCUT2D eigenvalue weighted by atomic mass is 19.1. The van der Waals surface area contributed by atoms with E-state index in [1.165, 1.54) is 25.3 Å². The molecule has 110 valence electrons. The molecule has 0 saturated heterocycles. The molecule has 0 radical (unpaired) electrons. The lowest BCUT2D eigenvalue weighted by molar-refractivity contribution is 0.000670. The molecule has 0 aliphatic heterocycles. The molecule has 2 unspecified atom stereocenters. The van der Waals surface area contributed by atoms with Crippen LogP contribution in [0.5, 0.6) is 0 Å². The van der Waals surface area contributed by atoms with Gasteiger partial charge in [0.1, 0.15) is 5.82 Å². The number of hydrogen-bond donors (Lipinski definition) is 2. The van der Waals surface area contributed by atoms with E-state index in [1.807, 2.05) is 0 Å². The summed E-state index contributed by atoms with van der Waals surface area (Å²) in [7, 11) is -1.64. The van der Waals surface area contributed by atoms with Crippen LogP contribution < -0.4 is 5.46 Å². The van der Waals surface area contributed by atoms with Gasteiger partial charge in [0.05, 0.1) is 12.7 Å². The predicted octanol–water partition coefficient (Wildman–Crippen LogP) is 1.99. The van der Waals surface area contributed by atoms with Crippen molar-refractivity contribution in [2.45, 2.75) is 51.7 Å². The number of halogens is 1. The Balaban J connectivity index is 1.90. The first-order valence-corrected chi connectivity index (χ1v) is 7.36. The maximum atomic E-state index is 13.8. The minimum absolute atomic E-state index is 0.162. The number of ether oxygens (including phenoxy) is 1. The van der Waals surface area contributed by atoms with Gasteiger partial charge in [-0.1, -0.05) is 38.3 Å². The van der Waals surface area contributed by atoms with E-state index in [1.54, 1.807) is 6.07 Å². The molecule has 1 aromatic rings. The fourth-order valence-corrected chi connectivity index (χ4v) is 2.81. The zero-order valence-corrected chi connectivity index (χ0v) is 11.9. The van der Waals surface area contributed by atoms with Gasteiger partial charge in [0.15, 0.2) is 0 Å². The van der Waals surface area contributed by atoms with E-state index in [-0.39, 0.29) is 18.2 Å². The lowest BCUT2D eigenvalue weighted by Crippen LogP contribution is -2.30. The summed E-state index contributed by atoms with van der Waals surface area (Å²) in [4.78, 5) is 0. The van der Waals surface area contributed by atoms with Crippen molar-refractivity contribution in [2.75, 3.05) is 0 Å². The zero-order valence-electron chi connectivity index (χ0n) is 11.9. The molecule has 2 atom stereocenters. The van der Waals surface area contributed by atoms with E-state index >= 15 is 0 Å². The van der Waals surface area contributed by atoms with Gasteiger partial charge in [-0.05, 0) is 30.3 Å². The summed E-state index contributed by atoms with van der Waals surface area (Å²) in [6, 6.07) is 4.23. The first-order valence-electron chi connectivity index (χ1n) is 7.36. The Labute approximate surface area is 119 Å². The molecule has 1 fully saturated rings. The van der Waals surface area contributed by atoms with Crippen molar-refractivity contribution >= 4 is 12.6 Å². The first kappa shape index (κ1) is 15.5. The highest BCUT2D eigenvalue weighted by Crippen LogP contribution is 2.29. The SMILES string of the molecule is CCC1CCCC(OCc2ccc(B(O)O)cc2F)C1. The molecule has 1 aromatic carbocycles. The number of benzene rings is 1. The van der Waals surface area contributed by atoms with E-state index < -0.39 is 12.9 Å². The van der Waals surface area contributed by atoms with Gasteiger partial charge in [-0.3, -0.25) is 0 Å². The van der Waals surface area contributed by atoms with E-state index in [2.05, 4.69) is 6.92 Å². The largest absolute Gasteiger partial charge is 0.488 e. The van der Waals surface area contributed by atoms with E-state index in [9.17, 15) is 4.39 Å². The summed E-state index contributed by atoms with van der Waals surface area (Å²) in [5, 5.41) is 18.0. The van der Waals surface area contributed by atoms with Gasteiger partial charge in [-0.2, -0.15) is 0 Å². The van der Waals surface area contributed by atoms with Crippen LogP contribution in [0.15, 0.2) is 18.2 Å². The van der Waals surface area contributed by atoms with Crippen molar-refractivity contribution in [3.63, 3.8) is 0 Å². The van der Waals surface area contributed by atoms with Crippen molar-refractivity contribution in [2.24, 2.45) is 5.92 Å². The second kappa shape index (κ2) is 7.20. The Hall–Kier alpha value is -0.905. The van der Waals surface area contributed by atoms with Gasteiger partial charge >= 0.3 is 7.12 Å². The Kier molecular flexibility index (Phi) is 5.58. The second-order valence-corrected chi connectivity index (χ2v) is 5.60. The molecular formula is C15H22BFO3. The maximum absolute atomic E-state index is 13.8. The highest BCUT2D eigenvalue weighted by molar-refractivity contribution is 6.58. The summed E-state index contributed by atoms with van der Waals surface area (Å²) >= 11 is 0. The average molecular weight is 280 g/mol. The van der Waals surface area contributed by atoms with Crippen LogP contribution in [0.1, 0.15) is 44.6 Å². The van der Waals surface area contributed by atoms with E-state index in [4.69, 9.17) is 14.8 Å². The molecule has 2 N–H and O–H groups in total. The fraction of sp³-hybridized carbons (Fsp3) is 0.600. The van der Waals surface area contributed by atoms with Crippen molar-refractivity contribution in [1.29, 1.82) is 0 Å². The molecule has 5 heteroatoms. The molecular weight excluding hydrogens is 258 g/mol. The molecule has 3 nitrogen and oxygen atoms in total. The van der Waals surface area contributed by atoms with Gasteiger partial charge in [-0.15, -0.1) is 0 Å². The van der Waals surface area contributed by atoms with Gasteiger partial charge in [0.2, 0.25) is 0 Å². The third-order valence-electron chi connectivity index (χ3n) is 4.16. The molecule has 1 saturated carbocycles. The van der Waals surface area contributed by atoms with Crippen molar-refractivity contribution in [3.05, 3.63) is 29.6 Å². The topological polar surface area (TPSA) is 49.7 Å². The maximum Gasteiger partial charge on any atom is 0.488 e. The Bertz CT molecular complexity index is 439. The summed E-state index contributed by atoms with van der Waals surface area (Å²) in [5.74, 6) is 0.281. The normalized spacial score (nSPS) is 22.8. The molecule has 1 aliphatic carbocycles. The molecule has 0 heterocycles. The average Bonchev–Trinajstić information content (AvgIpc) is 2.46. The Morgan fingerprint density at radius 3 is 2.80 bits per heavy atom. The van der Waals surface area contributed by atoms with Crippen LogP contribution in [0.3, 0.4) is 0 Å². The van der Waals surface area contributed by atoms with Crippen LogP contribution in [0.25, 0.3) is 0 Å². The van der Waals surface area contributed by atoms with Gasteiger partial charge in [-0.25, -0.2) is 4.39 Å². The predicted molar refractivity (Wildman–Crippen MR) is 77.1 cm³/mol. The molecule has 1 aliphatic rings. The second-order valence-electron chi connectivity index (χ2n) is 5.60. The molecule has 2 rings (SSSR count). The van der Waals surface area contributed by atoms with Crippen LogP contribution >= 0.6 is 0 Å². The lowest BCUT2D eigenvalue weighted by atomic mass is 9.80. The first-order chi connectivity index (χ1) is 9.60. The summed E-state index contributed by atoms with van der Waals surface area (Å²) < 4.78 is 19.6. The Morgan fingerprint density at radius 2 is 2.15 bits per heavy atom. The highest BCUT2D eigenvalue weighted by Gasteiger charge is 2.21. The standard InChI is InChI=1S/C15H22BFO3/c1-2-11-4-3-5-14(8-11)20-10-12-6-7-13(16(18)19)9-15(12)17/h6-7,9,11,14,18-19H,2-5,8,10H2,1H3. The molecule has 20 heavy (non-hydrogen) atoms. The van der Waals surface area contributed by atoms with Crippen LogP contribution in [0.2, 0.25) is 0 Å². The van der Waals surface area contributed by atoms with E-state index in [0.29, 0.717) is 5.56 Å². The van der Waals surface area contributed by atoms with Crippen LogP contribution in [-0.2, 0) is 11.3 Å². The quantitative estimate of drug-likeness (QED) is 0.811. The van der Waals surface area contributed by atoms with Crippen molar-refractivity contribution in [1.82, 2.24) is 0 Å². The number of hydrogen-bond acceptors (Lipinski definition) is 3. The van der Waals surface area contributed by atoms with Crippen molar-refractivity contribution < 1.29 is 19.2 Å². The Morgan fingerprint density at radius 1 is 1.35 bits per heavy atom. The molecule has 0 bridgehead atoms. The number of rotatable bonds is 5. The molecule has 0 aromatic heterocycles. The minimum Gasteiger partial charge on any atom is -0.423 e. The van der Waals surface area contributed by atoms with Crippen LogP contribution in [0.4, 0.5) is 4.39 Å². The third-order valence-corrected chi connectivity index (χ3v) is 4.16.